The van der Waals surface area contributed by atoms with Crippen LogP contribution in [0.15, 0.2) is 18.2 Å². The van der Waals surface area contributed by atoms with Crippen LogP contribution in [0.5, 0.6) is 11.5 Å². The van der Waals surface area contributed by atoms with Crippen LogP contribution in [0.4, 0.5) is 0 Å². The fourth-order valence-corrected chi connectivity index (χ4v) is 2.39. The van der Waals surface area contributed by atoms with E-state index in [1.165, 1.54) is 5.56 Å². The first-order valence-electron chi connectivity index (χ1n) is 6.89. The molecule has 1 aliphatic heterocycles. The number of benzene rings is 1. The van der Waals surface area contributed by atoms with Gasteiger partial charge in [-0.2, -0.15) is 0 Å². The lowest BCUT2D eigenvalue weighted by Gasteiger charge is -2.25. The number of rotatable bonds is 5. The second-order valence-corrected chi connectivity index (χ2v) is 5.10. The number of nitrogens with zero attached hydrogens (tertiary/aromatic N) is 1. The van der Waals surface area contributed by atoms with Gasteiger partial charge < -0.3 is 19.5 Å². The molecule has 0 aromatic heterocycles. The zero-order valence-corrected chi connectivity index (χ0v) is 11.8. The average Bonchev–Trinajstić information content (AvgIpc) is 2.63. The average molecular weight is 265 g/mol. The SMILES string of the molecule is CN(C)C(CCCO)c1ccc2c(c1)OCCCO2. The second-order valence-electron chi connectivity index (χ2n) is 5.10. The standard InChI is InChI=1S/C15H23NO3/c1-16(2)13(5-3-8-17)12-6-7-14-15(11-12)19-10-4-9-18-14/h6-7,11,13,17H,3-5,8-10H2,1-2H3. The molecular formula is C15H23NO3. The summed E-state index contributed by atoms with van der Waals surface area (Å²) in [5.74, 6) is 1.67. The van der Waals surface area contributed by atoms with Crippen LogP contribution in [0.2, 0.25) is 0 Å². The Kier molecular flexibility index (Phi) is 5.05. The third-order valence-corrected chi connectivity index (χ3v) is 3.42. The highest BCUT2D eigenvalue weighted by Gasteiger charge is 2.17. The van der Waals surface area contributed by atoms with Crippen molar-refractivity contribution in [3.8, 4) is 11.5 Å². The second kappa shape index (κ2) is 6.78. The first-order chi connectivity index (χ1) is 9.22. The van der Waals surface area contributed by atoms with Crippen molar-refractivity contribution in [1.29, 1.82) is 0 Å². The summed E-state index contributed by atoms with van der Waals surface area (Å²) < 4.78 is 11.4. The van der Waals surface area contributed by atoms with Gasteiger partial charge in [-0.1, -0.05) is 6.07 Å². The van der Waals surface area contributed by atoms with Gasteiger partial charge in [-0.05, 0) is 44.6 Å². The van der Waals surface area contributed by atoms with Gasteiger partial charge in [-0.15, -0.1) is 0 Å². The molecule has 0 aliphatic carbocycles. The van der Waals surface area contributed by atoms with Crippen LogP contribution in [0.3, 0.4) is 0 Å². The number of hydrogen-bond acceptors (Lipinski definition) is 4. The maximum absolute atomic E-state index is 9.01. The van der Waals surface area contributed by atoms with E-state index in [1.807, 2.05) is 6.07 Å². The summed E-state index contributed by atoms with van der Waals surface area (Å²) in [5, 5.41) is 9.01. The van der Waals surface area contributed by atoms with Gasteiger partial charge in [0.15, 0.2) is 11.5 Å². The first-order valence-corrected chi connectivity index (χ1v) is 6.89. The zero-order valence-electron chi connectivity index (χ0n) is 11.8. The summed E-state index contributed by atoms with van der Waals surface area (Å²) in [4.78, 5) is 2.18. The van der Waals surface area contributed by atoms with E-state index < -0.39 is 0 Å². The fraction of sp³-hybridized carbons (Fsp3) is 0.600. The number of fused-ring (bicyclic) bond motifs is 1. The molecule has 1 aromatic rings. The molecule has 0 spiro atoms. The highest BCUT2D eigenvalue weighted by molar-refractivity contribution is 5.44. The molecule has 0 fully saturated rings. The van der Waals surface area contributed by atoms with Crippen molar-refractivity contribution in [2.45, 2.75) is 25.3 Å². The lowest BCUT2D eigenvalue weighted by molar-refractivity contribution is 0.235. The summed E-state index contributed by atoms with van der Waals surface area (Å²) in [7, 11) is 4.12. The van der Waals surface area contributed by atoms with Gasteiger partial charge in [0.1, 0.15) is 0 Å². The van der Waals surface area contributed by atoms with Crippen molar-refractivity contribution >= 4 is 0 Å². The molecule has 0 radical (unpaired) electrons. The van der Waals surface area contributed by atoms with Crippen molar-refractivity contribution in [2.75, 3.05) is 33.9 Å². The Bertz CT molecular complexity index is 406. The zero-order chi connectivity index (χ0) is 13.7. The summed E-state index contributed by atoms with van der Waals surface area (Å²) >= 11 is 0. The van der Waals surface area contributed by atoms with Crippen LogP contribution in [-0.4, -0.2) is 43.9 Å². The maximum atomic E-state index is 9.01. The minimum atomic E-state index is 0.231. The summed E-state index contributed by atoms with van der Waals surface area (Å²) in [6, 6.07) is 6.45. The van der Waals surface area contributed by atoms with Crippen LogP contribution in [0, 0.1) is 0 Å². The van der Waals surface area contributed by atoms with Crippen LogP contribution < -0.4 is 9.47 Å². The van der Waals surface area contributed by atoms with E-state index >= 15 is 0 Å². The van der Waals surface area contributed by atoms with Gasteiger partial charge >= 0.3 is 0 Å². The van der Waals surface area contributed by atoms with E-state index in [9.17, 15) is 0 Å². The molecule has 0 saturated carbocycles. The number of aliphatic hydroxyl groups excluding tert-OH is 1. The summed E-state index contributed by atoms with van der Waals surface area (Å²) in [5.41, 5.74) is 1.21. The Balaban J connectivity index is 2.20. The molecular weight excluding hydrogens is 242 g/mol. The van der Waals surface area contributed by atoms with Crippen LogP contribution in [0.1, 0.15) is 30.9 Å². The summed E-state index contributed by atoms with van der Waals surface area (Å²) in [6.45, 7) is 1.66. The Morgan fingerprint density at radius 2 is 1.95 bits per heavy atom. The van der Waals surface area contributed by atoms with Crippen LogP contribution >= 0.6 is 0 Å². The molecule has 0 amide bonds. The number of aliphatic hydroxyl groups is 1. The van der Waals surface area contributed by atoms with E-state index in [4.69, 9.17) is 14.6 Å². The molecule has 1 unspecified atom stereocenters. The normalized spacial score (nSPS) is 16.2. The van der Waals surface area contributed by atoms with Crippen molar-refractivity contribution in [2.24, 2.45) is 0 Å². The fourth-order valence-electron chi connectivity index (χ4n) is 2.39. The predicted octanol–water partition coefficient (Wildman–Crippen LogP) is 2.22. The van der Waals surface area contributed by atoms with Crippen LogP contribution in [-0.2, 0) is 0 Å². The van der Waals surface area contributed by atoms with E-state index in [0.29, 0.717) is 19.3 Å². The Morgan fingerprint density at radius 1 is 1.21 bits per heavy atom. The molecule has 1 heterocycles. The Morgan fingerprint density at radius 3 is 2.63 bits per heavy atom. The van der Waals surface area contributed by atoms with Crippen molar-refractivity contribution in [3.05, 3.63) is 23.8 Å². The van der Waals surface area contributed by atoms with Crippen molar-refractivity contribution in [3.63, 3.8) is 0 Å². The lowest BCUT2D eigenvalue weighted by Crippen LogP contribution is -2.20. The van der Waals surface area contributed by atoms with Gasteiger partial charge in [-0.25, -0.2) is 0 Å². The number of ether oxygens (including phenoxy) is 2. The topological polar surface area (TPSA) is 41.9 Å². The van der Waals surface area contributed by atoms with E-state index in [2.05, 4.69) is 31.1 Å². The van der Waals surface area contributed by atoms with Gasteiger partial charge in [0.25, 0.3) is 0 Å². The van der Waals surface area contributed by atoms with Gasteiger partial charge in [0.2, 0.25) is 0 Å². The Labute approximate surface area is 114 Å². The largest absolute Gasteiger partial charge is 0.490 e. The van der Waals surface area contributed by atoms with E-state index in [0.717, 1.165) is 30.8 Å². The lowest BCUT2D eigenvalue weighted by atomic mass is 10.0. The molecule has 1 atom stereocenters. The third kappa shape index (κ3) is 3.61. The molecule has 4 heteroatoms. The highest BCUT2D eigenvalue weighted by atomic mass is 16.5. The quantitative estimate of drug-likeness (QED) is 0.886. The molecule has 0 bridgehead atoms. The van der Waals surface area contributed by atoms with Gasteiger partial charge in [-0.3, -0.25) is 0 Å². The molecule has 4 nitrogen and oxygen atoms in total. The third-order valence-electron chi connectivity index (χ3n) is 3.42. The minimum absolute atomic E-state index is 0.231. The summed E-state index contributed by atoms with van der Waals surface area (Å²) in [6.07, 6.45) is 2.66. The number of hydrogen-bond donors (Lipinski definition) is 1. The van der Waals surface area contributed by atoms with Gasteiger partial charge in [0.05, 0.1) is 13.2 Å². The van der Waals surface area contributed by atoms with Crippen molar-refractivity contribution < 1.29 is 14.6 Å². The van der Waals surface area contributed by atoms with E-state index in [1.54, 1.807) is 0 Å². The van der Waals surface area contributed by atoms with E-state index in [-0.39, 0.29) is 6.61 Å². The molecule has 19 heavy (non-hydrogen) atoms. The van der Waals surface area contributed by atoms with Crippen molar-refractivity contribution in [1.82, 2.24) is 4.90 Å². The molecule has 1 aliphatic rings. The molecule has 0 saturated heterocycles. The molecule has 1 N–H and O–H groups in total. The highest BCUT2D eigenvalue weighted by Crippen LogP contribution is 2.34. The van der Waals surface area contributed by atoms with Crippen LogP contribution in [0.25, 0.3) is 0 Å². The molecule has 106 valence electrons. The first kappa shape index (κ1) is 14.2. The molecule has 1 aromatic carbocycles. The smallest absolute Gasteiger partial charge is 0.161 e. The monoisotopic (exact) mass is 265 g/mol. The Hall–Kier alpha value is -1.26. The maximum Gasteiger partial charge on any atom is 0.161 e. The predicted molar refractivity (Wildman–Crippen MR) is 74.8 cm³/mol. The minimum Gasteiger partial charge on any atom is -0.490 e. The molecule has 2 rings (SSSR count). The van der Waals surface area contributed by atoms with Gasteiger partial charge in [0, 0.05) is 19.1 Å².